The molecule has 0 unspecified atom stereocenters. The lowest BCUT2D eigenvalue weighted by atomic mass is 10.2. The van der Waals surface area contributed by atoms with Crippen molar-refractivity contribution in [2.45, 2.75) is 6.92 Å². The molecule has 1 aromatic heterocycles. The Morgan fingerprint density at radius 3 is 2.34 bits per heavy atom. The van der Waals surface area contributed by atoms with Crippen LogP contribution in [-0.4, -0.2) is 22.7 Å². The van der Waals surface area contributed by atoms with Gasteiger partial charge in [-0.3, -0.25) is 25.2 Å². The monoisotopic (exact) mass is 429 g/mol. The molecule has 0 saturated carbocycles. The topological polar surface area (TPSA) is 112 Å². The van der Waals surface area contributed by atoms with Crippen molar-refractivity contribution >= 4 is 57.7 Å². The van der Waals surface area contributed by atoms with Gasteiger partial charge in [-0.05, 0) is 42.5 Å². The van der Waals surface area contributed by atoms with E-state index in [-0.39, 0.29) is 17.7 Å². The molecule has 0 spiro atoms. The lowest BCUT2D eigenvalue weighted by molar-refractivity contribution is -0.114. The van der Waals surface area contributed by atoms with Crippen molar-refractivity contribution in [1.29, 1.82) is 0 Å². The summed E-state index contributed by atoms with van der Waals surface area (Å²) in [5.74, 6) is -0.948. The van der Waals surface area contributed by atoms with Crippen LogP contribution in [0.2, 0.25) is 5.02 Å². The van der Waals surface area contributed by atoms with Crippen molar-refractivity contribution in [3.8, 4) is 0 Å². The minimum absolute atomic E-state index is 0.194. The molecule has 0 radical (unpaired) electrons. The number of amides is 3. The molecule has 4 N–H and O–H groups in total. The van der Waals surface area contributed by atoms with Crippen molar-refractivity contribution in [3.63, 3.8) is 0 Å². The molecule has 148 valence electrons. The van der Waals surface area contributed by atoms with Crippen LogP contribution in [0.25, 0.3) is 0 Å². The van der Waals surface area contributed by atoms with E-state index in [1.165, 1.54) is 18.3 Å². The molecule has 0 aliphatic carbocycles. The van der Waals surface area contributed by atoms with Gasteiger partial charge in [0.25, 0.3) is 11.8 Å². The van der Waals surface area contributed by atoms with E-state index in [0.717, 1.165) is 0 Å². The number of benzene rings is 2. The quantitative estimate of drug-likeness (QED) is 0.446. The van der Waals surface area contributed by atoms with Crippen LogP contribution in [0, 0.1) is 0 Å². The molecule has 10 heteroatoms. The molecule has 29 heavy (non-hydrogen) atoms. The fourth-order valence-corrected chi connectivity index (χ4v) is 3.02. The van der Waals surface area contributed by atoms with Crippen molar-refractivity contribution in [3.05, 3.63) is 69.6 Å². The Bertz CT molecular complexity index is 1040. The Labute approximate surface area is 175 Å². The van der Waals surface area contributed by atoms with Crippen LogP contribution in [0.5, 0.6) is 0 Å². The molecule has 3 aromatic rings. The van der Waals surface area contributed by atoms with Crippen molar-refractivity contribution in [2.24, 2.45) is 0 Å². The van der Waals surface area contributed by atoms with Crippen LogP contribution < -0.4 is 21.5 Å². The number of aromatic nitrogens is 1. The van der Waals surface area contributed by atoms with Gasteiger partial charge in [0.15, 0.2) is 0 Å². The number of hydrogen-bond donors (Lipinski definition) is 4. The maximum atomic E-state index is 12.5. The summed E-state index contributed by atoms with van der Waals surface area (Å²) in [6.07, 6.45) is 0. The van der Waals surface area contributed by atoms with E-state index in [9.17, 15) is 14.4 Å². The number of hydrazine groups is 1. The lowest BCUT2D eigenvalue weighted by Crippen LogP contribution is -2.29. The smallest absolute Gasteiger partial charge is 0.289 e. The van der Waals surface area contributed by atoms with Gasteiger partial charge in [-0.15, -0.1) is 11.3 Å². The summed E-state index contributed by atoms with van der Waals surface area (Å²) in [6.45, 7) is 1.41. The third-order valence-corrected chi connectivity index (χ3v) is 4.58. The number of anilines is 3. The van der Waals surface area contributed by atoms with Gasteiger partial charge in [0.1, 0.15) is 5.69 Å². The SMILES string of the molecule is CC(=O)Nc1ccc(C(=O)Nc2cc(NNC(=O)c3cscn3)ccc2Cl)cc1. The lowest BCUT2D eigenvalue weighted by Gasteiger charge is -2.12. The first-order valence-electron chi connectivity index (χ1n) is 8.35. The predicted octanol–water partition coefficient (Wildman–Crippen LogP) is 3.76. The second kappa shape index (κ2) is 9.18. The third-order valence-electron chi connectivity index (χ3n) is 3.67. The zero-order chi connectivity index (χ0) is 20.8. The molecule has 1 heterocycles. The Hall–Kier alpha value is -3.43. The van der Waals surface area contributed by atoms with E-state index >= 15 is 0 Å². The maximum absolute atomic E-state index is 12.5. The minimum Gasteiger partial charge on any atom is -0.326 e. The maximum Gasteiger partial charge on any atom is 0.289 e. The fraction of sp³-hybridized carbons (Fsp3) is 0.0526. The molecular formula is C19H16ClN5O3S. The molecule has 2 aromatic carbocycles. The van der Waals surface area contributed by atoms with Crippen LogP contribution >= 0.6 is 22.9 Å². The summed E-state index contributed by atoms with van der Waals surface area (Å²) in [6, 6.07) is 11.3. The molecule has 3 rings (SSSR count). The highest BCUT2D eigenvalue weighted by atomic mass is 35.5. The summed E-state index contributed by atoms with van der Waals surface area (Å²) >= 11 is 7.49. The number of nitrogens with zero attached hydrogens (tertiary/aromatic N) is 1. The predicted molar refractivity (Wildman–Crippen MR) is 113 cm³/mol. The summed E-state index contributed by atoms with van der Waals surface area (Å²) in [5.41, 5.74) is 9.01. The molecule has 0 bridgehead atoms. The molecule has 0 atom stereocenters. The molecule has 0 fully saturated rings. The molecule has 8 nitrogen and oxygen atoms in total. The van der Waals surface area contributed by atoms with E-state index in [2.05, 4.69) is 26.5 Å². The van der Waals surface area contributed by atoms with Crippen LogP contribution in [0.3, 0.4) is 0 Å². The number of carbonyl (C=O) groups is 3. The number of hydrogen-bond acceptors (Lipinski definition) is 6. The van der Waals surface area contributed by atoms with Gasteiger partial charge in [-0.1, -0.05) is 11.6 Å². The second-order valence-electron chi connectivity index (χ2n) is 5.86. The van der Waals surface area contributed by atoms with Gasteiger partial charge in [0, 0.05) is 23.6 Å². The highest BCUT2D eigenvalue weighted by Gasteiger charge is 2.11. The Morgan fingerprint density at radius 2 is 1.69 bits per heavy atom. The van der Waals surface area contributed by atoms with E-state index < -0.39 is 0 Å². The Morgan fingerprint density at radius 1 is 0.966 bits per heavy atom. The van der Waals surface area contributed by atoms with E-state index in [0.29, 0.717) is 33.3 Å². The van der Waals surface area contributed by atoms with Gasteiger partial charge < -0.3 is 10.6 Å². The van der Waals surface area contributed by atoms with Crippen molar-refractivity contribution in [1.82, 2.24) is 10.4 Å². The minimum atomic E-state index is -0.383. The first-order chi connectivity index (χ1) is 13.9. The summed E-state index contributed by atoms with van der Waals surface area (Å²) in [5, 5.41) is 7.32. The van der Waals surface area contributed by atoms with E-state index in [4.69, 9.17) is 11.6 Å². The van der Waals surface area contributed by atoms with Crippen LogP contribution in [-0.2, 0) is 4.79 Å². The summed E-state index contributed by atoms with van der Waals surface area (Å²) in [4.78, 5) is 39.4. The largest absolute Gasteiger partial charge is 0.326 e. The molecular weight excluding hydrogens is 414 g/mol. The highest BCUT2D eigenvalue weighted by Crippen LogP contribution is 2.26. The van der Waals surface area contributed by atoms with Gasteiger partial charge in [0.2, 0.25) is 5.91 Å². The fourth-order valence-electron chi connectivity index (χ4n) is 2.32. The molecule has 0 aliphatic rings. The van der Waals surface area contributed by atoms with Gasteiger partial charge >= 0.3 is 0 Å². The molecule has 0 saturated heterocycles. The summed E-state index contributed by atoms with van der Waals surface area (Å²) in [7, 11) is 0. The number of rotatable bonds is 6. The average Bonchev–Trinajstić information content (AvgIpc) is 3.23. The summed E-state index contributed by atoms with van der Waals surface area (Å²) < 4.78 is 0. The highest BCUT2D eigenvalue weighted by molar-refractivity contribution is 7.07. The number of nitrogens with one attached hydrogen (secondary N) is 4. The van der Waals surface area contributed by atoms with Crippen LogP contribution in [0.1, 0.15) is 27.8 Å². The Balaban J connectivity index is 1.65. The van der Waals surface area contributed by atoms with Crippen LogP contribution in [0.4, 0.5) is 17.1 Å². The van der Waals surface area contributed by atoms with Crippen molar-refractivity contribution in [2.75, 3.05) is 16.1 Å². The van der Waals surface area contributed by atoms with Gasteiger partial charge in [-0.25, -0.2) is 4.98 Å². The average molecular weight is 430 g/mol. The molecule has 0 aliphatic heterocycles. The standard InChI is InChI=1S/C19H16ClN5O3S/c1-11(26)22-13-4-2-12(3-5-13)18(27)23-16-8-14(6-7-15(16)20)24-25-19(28)17-9-29-10-21-17/h2-10,24H,1H3,(H,22,26)(H,23,27)(H,25,28). The van der Waals surface area contributed by atoms with E-state index in [1.54, 1.807) is 53.4 Å². The Kier molecular flexibility index (Phi) is 6.43. The van der Waals surface area contributed by atoms with Crippen LogP contribution in [0.15, 0.2) is 53.4 Å². The first-order valence-corrected chi connectivity index (χ1v) is 9.67. The van der Waals surface area contributed by atoms with Crippen molar-refractivity contribution < 1.29 is 14.4 Å². The number of carbonyl (C=O) groups excluding carboxylic acids is 3. The zero-order valence-corrected chi connectivity index (χ0v) is 16.7. The second-order valence-corrected chi connectivity index (χ2v) is 6.99. The first kappa shape index (κ1) is 20.3. The van der Waals surface area contributed by atoms with Gasteiger partial charge in [-0.2, -0.15) is 0 Å². The number of halogens is 1. The third kappa shape index (κ3) is 5.53. The zero-order valence-electron chi connectivity index (χ0n) is 15.2. The molecule has 3 amide bonds. The number of thiazole rings is 1. The van der Waals surface area contributed by atoms with E-state index in [1.807, 2.05) is 0 Å². The normalized spacial score (nSPS) is 10.1. The van der Waals surface area contributed by atoms with Gasteiger partial charge in [0.05, 0.1) is 21.9 Å².